The van der Waals surface area contributed by atoms with Gasteiger partial charge in [-0.25, -0.2) is 4.79 Å². The van der Waals surface area contributed by atoms with E-state index in [1.807, 2.05) is 34.6 Å². The lowest BCUT2D eigenvalue weighted by molar-refractivity contribution is 0.00578. The number of benzene rings is 1. The molecule has 114 valence electrons. The fraction of sp³-hybridized carbons (Fsp3) is 0.533. The molecule has 0 unspecified atom stereocenters. The molecule has 6 heteroatoms. The topological polar surface area (TPSA) is 67.8 Å². The molecule has 1 aliphatic heterocycles. The summed E-state index contributed by atoms with van der Waals surface area (Å²) in [6.07, 6.45) is 0. The highest BCUT2D eigenvalue weighted by Gasteiger charge is 2.52. The van der Waals surface area contributed by atoms with Crippen LogP contribution in [0.2, 0.25) is 0 Å². The maximum atomic E-state index is 11.3. The first-order valence-electron chi connectivity index (χ1n) is 7.00. The van der Waals surface area contributed by atoms with Crippen LogP contribution in [-0.4, -0.2) is 36.4 Å². The lowest BCUT2D eigenvalue weighted by Gasteiger charge is -2.32. The Morgan fingerprint density at radius 3 is 2.14 bits per heavy atom. The molecule has 2 N–H and O–H groups in total. The molecule has 0 aliphatic carbocycles. The van der Waals surface area contributed by atoms with Crippen molar-refractivity contribution < 1.29 is 19.2 Å². The molecule has 0 aromatic heterocycles. The first-order valence-corrected chi connectivity index (χ1v) is 7.00. The third-order valence-corrected chi connectivity index (χ3v) is 4.47. The maximum Gasteiger partial charge on any atom is 0.495 e. The van der Waals surface area contributed by atoms with Gasteiger partial charge in [0.15, 0.2) is 0 Å². The smallest absolute Gasteiger partial charge is 0.478 e. The number of hydrogen-bond acceptors (Lipinski definition) is 4. The summed E-state index contributed by atoms with van der Waals surface area (Å²) in [6.45, 7) is 9.83. The zero-order valence-electron chi connectivity index (χ0n) is 13.4. The third-order valence-electron chi connectivity index (χ3n) is 4.47. The molecular weight excluding hydrogens is 269 g/mol. The van der Waals surface area contributed by atoms with Gasteiger partial charge in [-0.05, 0) is 57.8 Å². The Kier molecular flexibility index (Phi) is 3.80. The predicted octanol–water partition coefficient (Wildman–Crippen LogP) is 2.03. The van der Waals surface area contributed by atoms with Crippen molar-refractivity contribution in [1.29, 1.82) is 0 Å². The first-order chi connectivity index (χ1) is 9.59. The zero-order valence-corrected chi connectivity index (χ0v) is 13.4. The van der Waals surface area contributed by atoms with Crippen molar-refractivity contribution in [3.63, 3.8) is 0 Å². The van der Waals surface area contributed by atoms with Crippen LogP contribution < -0.4 is 10.8 Å². The van der Waals surface area contributed by atoms with Crippen molar-refractivity contribution in [2.24, 2.45) is 0 Å². The van der Waals surface area contributed by atoms with Gasteiger partial charge in [0.1, 0.15) is 0 Å². The van der Waals surface area contributed by atoms with Gasteiger partial charge in [-0.3, -0.25) is 0 Å². The SMILES string of the molecule is CNc1cc(C(=O)O)cc(B2OC(C)(C)C(C)(C)O2)c1C. The van der Waals surface area contributed by atoms with Crippen LogP contribution in [-0.2, 0) is 9.31 Å². The quantitative estimate of drug-likeness (QED) is 0.834. The summed E-state index contributed by atoms with van der Waals surface area (Å²) in [7, 11) is 1.20. The first kappa shape index (κ1) is 15.9. The van der Waals surface area contributed by atoms with Crippen LogP contribution in [0, 0.1) is 6.92 Å². The Morgan fingerprint density at radius 1 is 1.19 bits per heavy atom. The molecule has 1 fully saturated rings. The summed E-state index contributed by atoms with van der Waals surface area (Å²) in [4.78, 5) is 11.3. The Morgan fingerprint density at radius 2 is 1.71 bits per heavy atom. The van der Waals surface area contributed by atoms with Crippen LogP contribution in [0.4, 0.5) is 5.69 Å². The number of carboxylic acid groups (broad SMARTS) is 1. The Labute approximate surface area is 125 Å². The average molecular weight is 291 g/mol. The predicted molar refractivity (Wildman–Crippen MR) is 83.4 cm³/mol. The van der Waals surface area contributed by atoms with E-state index in [4.69, 9.17) is 9.31 Å². The van der Waals surface area contributed by atoms with Crippen LogP contribution >= 0.6 is 0 Å². The molecule has 1 aromatic rings. The molecule has 0 radical (unpaired) electrons. The van der Waals surface area contributed by atoms with Crippen LogP contribution in [0.3, 0.4) is 0 Å². The Hall–Kier alpha value is -1.53. The minimum Gasteiger partial charge on any atom is -0.478 e. The van der Waals surface area contributed by atoms with Crippen LogP contribution in [0.5, 0.6) is 0 Å². The van der Waals surface area contributed by atoms with E-state index in [0.717, 1.165) is 16.7 Å². The van der Waals surface area contributed by atoms with Crippen molar-refractivity contribution in [1.82, 2.24) is 0 Å². The molecule has 1 aromatic carbocycles. The van der Waals surface area contributed by atoms with E-state index in [-0.39, 0.29) is 5.56 Å². The Balaban J connectivity index is 2.50. The summed E-state index contributed by atoms with van der Waals surface area (Å²) < 4.78 is 12.0. The molecule has 21 heavy (non-hydrogen) atoms. The van der Waals surface area contributed by atoms with Gasteiger partial charge in [-0.2, -0.15) is 0 Å². The molecule has 0 saturated carbocycles. The van der Waals surface area contributed by atoms with Gasteiger partial charge >= 0.3 is 13.1 Å². The molecule has 1 saturated heterocycles. The van der Waals surface area contributed by atoms with Gasteiger partial charge in [-0.15, -0.1) is 0 Å². The average Bonchev–Trinajstić information content (AvgIpc) is 2.58. The van der Waals surface area contributed by atoms with Gasteiger partial charge in [0.2, 0.25) is 0 Å². The molecule has 0 bridgehead atoms. The fourth-order valence-electron chi connectivity index (χ4n) is 2.33. The summed E-state index contributed by atoms with van der Waals surface area (Å²) >= 11 is 0. The van der Waals surface area contributed by atoms with Gasteiger partial charge in [0.05, 0.1) is 16.8 Å². The number of carboxylic acids is 1. The molecular formula is C15H22BNO4. The van der Waals surface area contributed by atoms with Crippen LogP contribution in [0.1, 0.15) is 43.6 Å². The summed E-state index contributed by atoms with van der Waals surface area (Å²) in [5, 5.41) is 12.3. The summed E-state index contributed by atoms with van der Waals surface area (Å²) in [6, 6.07) is 3.24. The third kappa shape index (κ3) is 2.65. The van der Waals surface area contributed by atoms with Gasteiger partial charge in [0, 0.05) is 12.7 Å². The fourth-order valence-corrected chi connectivity index (χ4v) is 2.33. The highest BCUT2D eigenvalue weighted by molar-refractivity contribution is 6.63. The highest BCUT2D eigenvalue weighted by Crippen LogP contribution is 2.37. The minimum absolute atomic E-state index is 0.217. The second-order valence-electron chi connectivity index (χ2n) is 6.38. The number of anilines is 1. The molecule has 0 spiro atoms. The number of rotatable bonds is 3. The number of hydrogen-bond donors (Lipinski definition) is 2. The largest absolute Gasteiger partial charge is 0.495 e. The standard InChI is InChI=1S/C15H22BNO4/c1-9-11(7-10(13(18)19)8-12(9)17-6)16-20-14(2,3)15(4,5)21-16/h7-8,17H,1-6H3,(H,18,19). The van der Waals surface area contributed by atoms with Crippen LogP contribution in [0.15, 0.2) is 12.1 Å². The van der Waals surface area contributed by atoms with E-state index in [9.17, 15) is 9.90 Å². The van der Waals surface area contributed by atoms with Crippen LogP contribution in [0.25, 0.3) is 0 Å². The van der Waals surface area contributed by atoms with E-state index >= 15 is 0 Å². The Bertz CT molecular complexity index is 567. The van der Waals surface area contributed by atoms with E-state index in [0.29, 0.717) is 0 Å². The zero-order chi connectivity index (χ0) is 16.0. The highest BCUT2D eigenvalue weighted by atomic mass is 16.7. The molecule has 2 rings (SSSR count). The van der Waals surface area contributed by atoms with E-state index in [2.05, 4.69) is 5.32 Å². The lowest BCUT2D eigenvalue weighted by atomic mass is 9.75. The van der Waals surface area contributed by atoms with Crippen molar-refractivity contribution in [3.8, 4) is 0 Å². The second kappa shape index (κ2) is 5.03. The van der Waals surface area contributed by atoms with Crippen molar-refractivity contribution in [2.45, 2.75) is 45.8 Å². The molecule has 5 nitrogen and oxygen atoms in total. The van der Waals surface area contributed by atoms with Crippen molar-refractivity contribution in [3.05, 3.63) is 23.3 Å². The summed E-state index contributed by atoms with van der Waals surface area (Å²) in [5.74, 6) is -0.968. The molecule has 0 amide bonds. The van der Waals surface area contributed by atoms with Crippen molar-refractivity contribution in [2.75, 3.05) is 12.4 Å². The van der Waals surface area contributed by atoms with Gasteiger partial charge in [0.25, 0.3) is 0 Å². The van der Waals surface area contributed by atoms with Gasteiger partial charge < -0.3 is 19.7 Å². The van der Waals surface area contributed by atoms with Gasteiger partial charge in [-0.1, -0.05) is 0 Å². The monoisotopic (exact) mass is 291 g/mol. The van der Waals surface area contributed by atoms with E-state index in [1.54, 1.807) is 19.2 Å². The molecule has 0 atom stereocenters. The lowest BCUT2D eigenvalue weighted by Crippen LogP contribution is -2.41. The van der Waals surface area contributed by atoms with Crippen molar-refractivity contribution >= 4 is 24.2 Å². The second-order valence-corrected chi connectivity index (χ2v) is 6.38. The number of nitrogens with one attached hydrogen (secondary N) is 1. The van der Waals surface area contributed by atoms with E-state index < -0.39 is 24.3 Å². The number of aromatic carboxylic acids is 1. The maximum absolute atomic E-state index is 11.3. The van der Waals surface area contributed by atoms with E-state index in [1.165, 1.54) is 0 Å². The normalized spacial score (nSPS) is 19.6. The minimum atomic E-state index is -0.968. The summed E-state index contributed by atoms with van der Waals surface area (Å²) in [5.41, 5.74) is 1.75. The number of carbonyl (C=O) groups is 1. The molecule has 1 aliphatic rings. The molecule has 1 heterocycles.